The van der Waals surface area contributed by atoms with E-state index in [1.807, 2.05) is 47.3 Å². The minimum atomic E-state index is 0.0445. The zero-order chi connectivity index (χ0) is 23.5. The maximum Gasteiger partial charge on any atom is 0.228 e. The molecule has 0 spiro atoms. The third-order valence-corrected chi connectivity index (χ3v) is 7.74. The number of piperazine rings is 1. The number of nitrogens with one attached hydrogen (secondary N) is 2. The lowest BCUT2D eigenvalue weighted by atomic mass is 10.0. The summed E-state index contributed by atoms with van der Waals surface area (Å²) in [6.45, 7) is 5.66. The molecule has 5 rings (SSSR count). The van der Waals surface area contributed by atoms with Crippen molar-refractivity contribution in [2.75, 3.05) is 37.2 Å². The molecule has 0 bridgehead atoms. The monoisotopic (exact) mass is 477 g/mol. The van der Waals surface area contributed by atoms with Crippen LogP contribution in [-0.4, -0.2) is 62.9 Å². The number of aromatic amines is 1. The van der Waals surface area contributed by atoms with Gasteiger partial charge < -0.3 is 15.2 Å². The second-order valence-corrected chi connectivity index (χ2v) is 10.3. The minimum Gasteiger partial charge on any atom is -0.346 e. The maximum atomic E-state index is 12.8. The Labute approximate surface area is 204 Å². The molecule has 1 saturated heterocycles. The molecule has 1 aliphatic carbocycles. The summed E-state index contributed by atoms with van der Waals surface area (Å²) < 4.78 is 2.37. The Hall–Kier alpha value is -2.84. The number of carbonyl (C=O) groups is 2. The highest BCUT2D eigenvalue weighted by atomic mass is 32.2. The Balaban J connectivity index is 1.25. The summed E-state index contributed by atoms with van der Waals surface area (Å²) in [5.41, 5.74) is 3.81. The molecule has 2 fully saturated rings. The van der Waals surface area contributed by atoms with Gasteiger partial charge in [-0.25, -0.2) is 9.29 Å². The molecule has 1 aromatic carbocycles. The molecule has 7 nitrogen and oxygen atoms in total. The van der Waals surface area contributed by atoms with Gasteiger partial charge in [0.05, 0.1) is 6.42 Å². The van der Waals surface area contributed by atoms with Gasteiger partial charge in [0.2, 0.25) is 11.8 Å². The second kappa shape index (κ2) is 10.2. The Morgan fingerprint density at radius 3 is 2.59 bits per heavy atom. The molecular formula is C26H31N5O2S. The van der Waals surface area contributed by atoms with Crippen molar-refractivity contribution < 1.29 is 9.59 Å². The van der Waals surface area contributed by atoms with E-state index in [4.69, 9.17) is 0 Å². The number of H-pyrrole nitrogens is 1. The number of hydrogen-bond acceptors (Lipinski definition) is 5. The van der Waals surface area contributed by atoms with Crippen LogP contribution >= 0.6 is 11.9 Å². The zero-order valence-corrected chi connectivity index (χ0v) is 20.4. The fraction of sp³-hybridized carbons (Fsp3) is 0.423. The summed E-state index contributed by atoms with van der Waals surface area (Å²) in [6, 6.07) is 12.1. The highest BCUT2D eigenvalue weighted by Crippen LogP contribution is 2.33. The van der Waals surface area contributed by atoms with E-state index in [1.165, 1.54) is 6.42 Å². The van der Waals surface area contributed by atoms with Crippen LogP contribution in [-0.2, 0) is 16.0 Å². The van der Waals surface area contributed by atoms with Crippen molar-refractivity contribution in [3.05, 3.63) is 48.2 Å². The number of benzene rings is 1. The van der Waals surface area contributed by atoms with Crippen LogP contribution in [0.3, 0.4) is 0 Å². The van der Waals surface area contributed by atoms with Crippen LogP contribution in [0.1, 0.15) is 31.7 Å². The van der Waals surface area contributed by atoms with Crippen LogP contribution in [0.5, 0.6) is 0 Å². The fourth-order valence-corrected chi connectivity index (χ4v) is 5.15. The zero-order valence-electron chi connectivity index (χ0n) is 19.5. The molecule has 2 amide bonds. The van der Waals surface area contributed by atoms with Gasteiger partial charge in [0.25, 0.3) is 0 Å². The second-order valence-electron chi connectivity index (χ2n) is 9.08. The maximum absolute atomic E-state index is 12.8. The lowest BCUT2D eigenvalue weighted by molar-refractivity contribution is -0.131. The van der Waals surface area contributed by atoms with E-state index in [1.54, 1.807) is 0 Å². The predicted molar refractivity (Wildman–Crippen MR) is 137 cm³/mol. The molecule has 0 atom stereocenters. The molecule has 3 aromatic rings. The van der Waals surface area contributed by atoms with Crippen LogP contribution in [0.4, 0.5) is 5.82 Å². The largest absolute Gasteiger partial charge is 0.346 e. The van der Waals surface area contributed by atoms with Gasteiger partial charge >= 0.3 is 0 Å². The number of rotatable bonds is 8. The quantitative estimate of drug-likeness (QED) is 0.472. The number of pyridine rings is 1. The molecule has 2 aliphatic rings. The molecule has 3 heterocycles. The summed E-state index contributed by atoms with van der Waals surface area (Å²) in [5, 5.41) is 3.97. The number of anilines is 1. The number of nitrogens with zero attached hydrogens (tertiary/aromatic N) is 3. The number of hydrogen-bond donors (Lipinski definition) is 2. The molecule has 1 saturated carbocycles. The van der Waals surface area contributed by atoms with Gasteiger partial charge in [-0.15, -0.1) is 0 Å². The van der Waals surface area contributed by atoms with Gasteiger partial charge in [0.1, 0.15) is 11.5 Å². The Kier molecular flexibility index (Phi) is 6.87. The molecular weight excluding hydrogens is 446 g/mol. The highest BCUT2D eigenvalue weighted by Gasteiger charge is 2.30. The third-order valence-electron chi connectivity index (χ3n) is 6.42. The van der Waals surface area contributed by atoms with Crippen molar-refractivity contribution in [1.82, 2.24) is 19.2 Å². The predicted octanol–water partition coefficient (Wildman–Crippen LogP) is 4.32. The van der Waals surface area contributed by atoms with E-state index in [9.17, 15) is 9.59 Å². The lowest BCUT2D eigenvalue weighted by Crippen LogP contribution is -2.46. The van der Waals surface area contributed by atoms with E-state index < -0.39 is 0 Å². The van der Waals surface area contributed by atoms with Gasteiger partial charge in [-0.1, -0.05) is 43.1 Å². The first-order valence-electron chi connectivity index (χ1n) is 12.1. The Morgan fingerprint density at radius 2 is 1.88 bits per heavy atom. The van der Waals surface area contributed by atoms with E-state index in [0.717, 1.165) is 72.5 Å². The fourth-order valence-electron chi connectivity index (χ4n) is 4.29. The molecule has 1 aliphatic heterocycles. The van der Waals surface area contributed by atoms with Gasteiger partial charge in [-0.3, -0.25) is 9.59 Å². The number of carbonyl (C=O) groups excluding carboxylic acids is 2. The minimum absolute atomic E-state index is 0.0445. The summed E-state index contributed by atoms with van der Waals surface area (Å²) in [7, 11) is 0. The van der Waals surface area contributed by atoms with Crippen molar-refractivity contribution >= 4 is 40.6 Å². The van der Waals surface area contributed by atoms with Gasteiger partial charge in [0.15, 0.2) is 0 Å². The van der Waals surface area contributed by atoms with Crippen LogP contribution in [0.25, 0.3) is 22.2 Å². The molecule has 178 valence electrons. The van der Waals surface area contributed by atoms with Gasteiger partial charge in [-0.2, -0.15) is 0 Å². The standard InChI is InChI=1S/C26H31N5O2S/c1-2-15-34-31-13-11-30(12-14-31)24(32)16-18-3-5-19(6-4-18)22-17-23(29-26(33)20-7-8-20)28-25-21(22)9-10-27-25/h3-6,9-10,17,20H,2,7-8,11-16H2,1H3,(H2,27,28,29,33). The van der Waals surface area contributed by atoms with Crippen molar-refractivity contribution in [3.8, 4) is 11.1 Å². The third kappa shape index (κ3) is 5.28. The first-order valence-corrected chi connectivity index (χ1v) is 13.1. The van der Waals surface area contributed by atoms with Crippen molar-refractivity contribution in [2.24, 2.45) is 5.92 Å². The normalized spacial score (nSPS) is 16.7. The lowest BCUT2D eigenvalue weighted by Gasteiger charge is -2.34. The molecule has 0 radical (unpaired) electrons. The number of fused-ring (bicyclic) bond motifs is 1. The number of amides is 2. The summed E-state index contributed by atoms with van der Waals surface area (Å²) >= 11 is 1.89. The smallest absolute Gasteiger partial charge is 0.228 e. The molecule has 8 heteroatoms. The van der Waals surface area contributed by atoms with Crippen LogP contribution < -0.4 is 5.32 Å². The Bertz CT molecular complexity index is 1160. The van der Waals surface area contributed by atoms with E-state index in [2.05, 4.69) is 38.6 Å². The summed E-state index contributed by atoms with van der Waals surface area (Å²) in [5.74, 6) is 2.07. The SMILES string of the molecule is CCCSN1CCN(C(=O)Cc2ccc(-c3cc(NC(=O)C4CC4)nc4[nH]ccc34)cc2)CC1. The molecule has 34 heavy (non-hydrogen) atoms. The van der Waals surface area contributed by atoms with Gasteiger partial charge in [0, 0.05) is 49.4 Å². The van der Waals surface area contributed by atoms with E-state index in [-0.39, 0.29) is 17.7 Å². The number of aromatic nitrogens is 2. The summed E-state index contributed by atoms with van der Waals surface area (Å²) in [6.07, 6.45) is 5.36. The summed E-state index contributed by atoms with van der Waals surface area (Å²) in [4.78, 5) is 34.8. The first kappa shape index (κ1) is 22.9. The molecule has 2 aromatic heterocycles. The Morgan fingerprint density at radius 1 is 1.12 bits per heavy atom. The van der Waals surface area contributed by atoms with Crippen LogP contribution in [0.2, 0.25) is 0 Å². The average Bonchev–Trinajstić information content (AvgIpc) is 3.61. The van der Waals surface area contributed by atoms with Crippen molar-refractivity contribution in [3.63, 3.8) is 0 Å². The average molecular weight is 478 g/mol. The van der Waals surface area contributed by atoms with E-state index in [0.29, 0.717) is 12.2 Å². The topological polar surface area (TPSA) is 81.3 Å². The van der Waals surface area contributed by atoms with E-state index >= 15 is 0 Å². The molecule has 0 unspecified atom stereocenters. The first-order chi connectivity index (χ1) is 16.6. The highest BCUT2D eigenvalue weighted by molar-refractivity contribution is 7.97. The van der Waals surface area contributed by atoms with Crippen molar-refractivity contribution in [1.29, 1.82) is 0 Å². The van der Waals surface area contributed by atoms with Crippen molar-refractivity contribution in [2.45, 2.75) is 32.6 Å². The van der Waals surface area contributed by atoms with Crippen LogP contribution in [0.15, 0.2) is 42.6 Å². The van der Waals surface area contributed by atoms with Gasteiger partial charge in [-0.05, 0) is 48.1 Å². The molecule has 2 N–H and O–H groups in total. The van der Waals surface area contributed by atoms with Crippen LogP contribution in [0, 0.1) is 5.92 Å².